The van der Waals surface area contributed by atoms with E-state index in [-0.39, 0.29) is 29.7 Å². The maximum atomic E-state index is 13.6. The molecule has 0 saturated heterocycles. The number of amides is 1. The molecule has 0 aliphatic carbocycles. The third-order valence-electron chi connectivity index (χ3n) is 5.54. The van der Waals surface area contributed by atoms with Crippen LogP contribution in [0.4, 0.5) is 0 Å². The first-order valence-electron chi connectivity index (χ1n) is 10.2. The first-order chi connectivity index (χ1) is 15.6. The lowest BCUT2D eigenvalue weighted by Gasteiger charge is -2.37. The second kappa shape index (κ2) is 9.54. The van der Waals surface area contributed by atoms with Gasteiger partial charge in [0.25, 0.3) is 11.5 Å². The second-order valence-electron chi connectivity index (χ2n) is 7.35. The van der Waals surface area contributed by atoms with E-state index in [0.717, 1.165) is 16.0 Å². The lowest BCUT2D eigenvalue weighted by atomic mass is 9.90. The number of aromatic nitrogens is 2. The molecule has 32 heavy (non-hydrogen) atoms. The fourth-order valence-corrected chi connectivity index (χ4v) is 4.82. The number of hydrogen-bond donors (Lipinski definition) is 0. The molecule has 3 aromatic rings. The Hall–Kier alpha value is -3.17. The number of nitrogens with zero attached hydrogens (tertiary/aromatic N) is 3. The Bertz CT molecular complexity index is 1160. The van der Waals surface area contributed by atoms with Crippen molar-refractivity contribution in [2.24, 2.45) is 0 Å². The highest BCUT2D eigenvalue weighted by atomic mass is 32.1. The van der Waals surface area contributed by atoms with Gasteiger partial charge in [-0.05, 0) is 47.2 Å². The molecule has 0 spiro atoms. The second-order valence-corrected chi connectivity index (χ2v) is 8.32. The molecular formula is C23H25N3O5S. The molecule has 1 unspecified atom stereocenters. The van der Waals surface area contributed by atoms with E-state index in [0.29, 0.717) is 31.1 Å². The smallest absolute Gasteiger partial charge is 0.275 e. The summed E-state index contributed by atoms with van der Waals surface area (Å²) >= 11 is 1.59. The molecule has 1 aliphatic rings. The number of ether oxygens (including phenoxy) is 3. The number of rotatable bonds is 7. The standard InChI is InChI=1S/C23H25N3O5S/c1-29-11-10-26-21(27)7-6-17(24-26)23(28)25-9-8-15-13-18(30-2)19(31-3)14-16(15)22(25)20-5-4-12-32-20/h4-7,12-14,22H,8-11H2,1-3H3. The van der Waals surface area contributed by atoms with Gasteiger partial charge in [-0.15, -0.1) is 11.3 Å². The molecular weight excluding hydrogens is 430 g/mol. The zero-order valence-corrected chi connectivity index (χ0v) is 19.1. The molecule has 168 valence electrons. The van der Waals surface area contributed by atoms with E-state index in [1.807, 2.05) is 34.5 Å². The van der Waals surface area contributed by atoms with Crippen molar-refractivity contribution in [1.29, 1.82) is 0 Å². The predicted molar refractivity (Wildman–Crippen MR) is 121 cm³/mol. The van der Waals surface area contributed by atoms with Crippen molar-refractivity contribution in [3.63, 3.8) is 0 Å². The Morgan fingerprint density at radius 2 is 1.94 bits per heavy atom. The predicted octanol–water partition coefficient (Wildman–Crippen LogP) is 2.76. The summed E-state index contributed by atoms with van der Waals surface area (Å²) in [5.74, 6) is 1.06. The summed E-state index contributed by atoms with van der Waals surface area (Å²) in [6.07, 6.45) is 0.673. The van der Waals surface area contributed by atoms with Crippen molar-refractivity contribution in [2.75, 3.05) is 34.5 Å². The lowest BCUT2D eigenvalue weighted by Crippen LogP contribution is -2.41. The van der Waals surface area contributed by atoms with Crippen LogP contribution < -0.4 is 15.0 Å². The van der Waals surface area contributed by atoms with E-state index in [1.165, 1.54) is 16.8 Å². The third kappa shape index (κ3) is 4.13. The van der Waals surface area contributed by atoms with Crippen molar-refractivity contribution >= 4 is 17.2 Å². The first kappa shape index (κ1) is 22.0. The summed E-state index contributed by atoms with van der Waals surface area (Å²) in [7, 11) is 4.77. The number of hydrogen-bond acceptors (Lipinski definition) is 7. The summed E-state index contributed by atoms with van der Waals surface area (Å²) in [6.45, 7) is 1.13. The van der Waals surface area contributed by atoms with Crippen LogP contribution in [0.2, 0.25) is 0 Å². The fourth-order valence-electron chi connectivity index (χ4n) is 3.97. The van der Waals surface area contributed by atoms with E-state index >= 15 is 0 Å². The minimum atomic E-state index is -0.285. The van der Waals surface area contributed by atoms with E-state index in [9.17, 15) is 9.59 Å². The molecule has 0 radical (unpaired) electrons. The van der Waals surface area contributed by atoms with Crippen molar-refractivity contribution in [3.05, 3.63) is 73.8 Å². The SMILES string of the molecule is COCCn1nc(C(=O)N2CCc3cc(OC)c(OC)cc3C2c2cccs2)ccc1=O. The number of fused-ring (bicyclic) bond motifs is 1. The maximum Gasteiger partial charge on any atom is 0.275 e. The Morgan fingerprint density at radius 3 is 2.62 bits per heavy atom. The molecule has 0 bridgehead atoms. The molecule has 4 rings (SSSR count). The van der Waals surface area contributed by atoms with Crippen LogP contribution in [0.15, 0.2) is 46.6 Å². The van der Waals surface area contributed by atoms with Crippen molar-refractivity contribution < 1.29 is 19.0 Å². The molecule has 3 heterocycles. The van der Waals surface area contributed by atoms with Gasteiger partial charge >= 0.3 is 0 Å². The monoisotopic (exact) mass is 455 g/mol. The van der Waals surface area contributed by atoms with E-state index in [1.54, 1.807) is 32.7 Å². The topological polar surface area (TPSA) is 82.9 Å². The molecule has 9 heteroatoms. The van der Waals surface area contributed by atoms with Gasteiger partial charge in [0, 0.05) is 24.6 Å². The highest BCUT2D eigenvalue weighted by Crippen LogP contribution is 2.42. The minimum absolute atomic E-state index is 0.227. The van der Waals surface area contributed by atoms with E-state index in [4.69, 9.17) is 14.2 Å². The van der Waals surface area contributed by atoms with Gasteiger partial charge < -0.3 is 19.1 Å². The van der Waals surface area contributed by atoms with Gasteiger partial charge in [0.15, 0.2) is 11.5 Å². The molecule has 1 amide bonds. The van der Waals surface area contributed by atoms with Gasteiger partial charge in [0.1, 0.15) is 5.69 Å². The Balaban J connectivity index is 1.76. The first-order valence-corrected chi connectivity index (χ1v) is 11.1. The van der Waals surface area contributed by atoms with Gasteiger partial charge in [-0.1, -0.05) is 6.07 Å². The summed E-state index contributed by atoms with van der Waals surface area (Å²) < 4.78 is 17.3. The summed E-state index contributed by atoms with van der Waals surface area (Å²) in [5, 5.41) is 6.31. The molecule has 0 fully saturated rings. The van der Waals surface area contributed by atoms with Gasteiger partial charge in [-0.2, -0.15) is 5.10 Å². The molecule has 2 aromatic heterocycles. The number of thiophene rings is 1. The fraction of sp³-hybridized carbons (Fsp3) is 0.348. The molecule has 0 saturated carbocycles. The van der Waals surface area contributed by atoms with Crippen LogP contribution in [0.5, 0.6) is 11.5 Å². The zero-order chi connectivity index (χ0) is 22.7. The average molecular weight is 456 g/mol. The normalized spacial score (nSPS) is 15.3. The Morgan fingerprint density at radius 1 is 1.16 bits per heavy atom. The molecule has 8 nitrogen and oxygen atoms in total. The minimum Gasteiger partial charge on any atom is -0.493 e. The Labute approximate surface area is 190 Å². The molecule has 1 aromatic carbocycles. The maximum absolute atomic E-state index is 13.6. The van der Waals surface area contributed by atoms with Crippen LogP contribution in [0.1, 0.15) is 32.5 Å². The van der Waals surface area contributed by atoms with Gasteiger partial charge in [-0.3, -0.25) is 9.59 Å². The van der Waals surface area contributed by atoms with Crippen LogP contribution in [0.3, 0.4) is 0 Å². The van der Waals surface area contributed by atoms with Crippen molar-refractivity contribution in [2.45, 2.75) is 19.0 Å². The number of benzene rings is 1. The van der Waals surface area contributed by atoms with Gasteiger partial charge in [0.2, 0.25) is 0 Å². The number of methoxy groups -OCH3 is 3. The van der Waals surface area contributed by atoms with E-state index < -0.39 is 0 Å². The van der Waals surface area contributed by atoms with Gasteiger partial charge in [0.05, 0.1) is 33.4 Å². The summed E-state index contributed by atoms with van der Waals surface area (Å²) in [5.41, 5.74) is 2.07. The van der Waals surface area contributed by atoms with Gasteiger partial charge in [-0.25, -0.2) is 4.68 Å². The molecule has 0 N–H and O–H groups in total. The zero-order valence-electron chi connectivity index (χ0n) is 18.2. The van der Waals surface area contributed by atoms with Crippen molar-refractivity contribution in [3.8, 4) is 11.5 Å². The Kier molecular flexibility index (Phi) is 6.57. The van der Waals surface area contributed by atoms with Crippen LogP contribution in [-0.2, 0) is 17.7 Å². The van der Waals surface area contributed by atoms with E-state index in [2.05, 4.69) is 5.10 Å². The van der Waals surface area contributed by atoms with Crippen molar-refractivity contribution in [1.82, 2.24) is 14.7 Å². The quantitative estimate of drug-likeness (QED) is 0.545. The highest BCUT2D eigenvalue weighted by molar-refractivity contribution is 7.10. The average Bonchev–Trinajstić information content (AvgIpc) is 3.36. The number of carbonyl (C=O) groups is 1. The van der Waals surface area contributed by atoms with Crippen LogP contribution in [-0.4, -0.2) is 55.1 Å². The highest BCUT2D eigenvalue weighted by Gasteiger charge is 2.35. The summed E-state index contributed by atoms with van der Waals surface area (Å²) in [6, 6.07) is 10.5. The number of carbonyl (C=O) groups excluding carboxylic acids is 1. The lowest BCUT2D eigenvalue weighted by molar-refractivity contribution is 0.0687. The third-order valence-corrected chi connectivity index (χ3v) is 6.46. The largest absolute Gasteiger partial charge is 0.493 e. The molecule has 1 atom stereocenters. The van der Waals surface area contributed by atoms with Crippen LogP contribution in [0.25, 0.3) is 0 Å². The molecule has 1 aliphatic heterocycles. The summed E-state index contributed by atoms with van der Waals surface area (Å²) in [4.78, 5) is 28.6. The van der Waals surface area contributed by atoms with Crippen LogP contribution >= 0.6 is 11.3 Å². The van der Waals surface area contributed by atoms with Crippen LogP contribution in [0, 0.1) is 0 Å².